The first-order valence-corrected chi connectivity index (χ1v) is 6.07. The number of anilines is 2. The lowest BCUT2D eigenvalue weighted by Gasteiger charge is -2.04. The zero-order valence-corrected chi connectivity index (χ0v) is 11.3. The molecule has 0 aliphatic rings. The molecule has 0 bridgehead atoms. The van der Waals surface area contributed by atoms with E-state index < -0.39 is 11.2 Å². The molecule has 0 spiro atoms. The fourth-order valence-electron chi connectivity index (χ4n) is 2.02. The topological polar surface area (TPSA) is 82.1 Å². The van der Waals surface area contributed by atoms with Crippen LogP contribution in [-0.2, 0) is 14.1 Å². The Morgan fingerprint density at radius 1 is 1.14 bits per heavy atom. The van der Waals surface area contributed by atoms with Gasteiger partial charge in [-0.1, -0.05) is 5.16 Å². The highest BCUT2D eigenvalue weighted by atomic mass is 19.1. The summed E-state index contributed by atoms with van der Waals surface area (Å²) in [5.41, 5.74) is -0.397. The van der Waals surface area contributed by atoms with E-state index in [9.17, 15) is 14.0 Å². The lowest BCUT2D eigenvalue weighted by Crippen LogP contribution is -2.36. The van der Waals surface area contributed by atoms with Crippen molar-refractivity contribution >= 4 is 22.6 Å². The first-order chi connectivity index (χ1) is 9.99. The van der Waals surface area contributed by atoms with Gasteiger partial charge in [0.25, 0.3) is 5.56 Å². The van der Waals surface area contributed by atoms with Gasteiger partial charge < -0.3 is 9.84 Å². The summed E-state index contributed by atoms with van der Waals surface area (Å²) in [7, 11) is 2.86. The highest BCUT2D eigenvalue weighted by molar-refractivity contribution is 5.87. The maximum Gasteiger partial charge on any atom is 0.333 e. The molecule has 0 amide bonds. The van der Waals surface area contributed by atoms with Crippen molar-refractivity contribution in [2.75, 3.05) is 5.32 Å². The van der Waals surface area contributed by atoms with Gasteiger partial charge in [-0.25, -0.2) is 9.18 Å². The van der Waals surface area contributed by atoms with Gasteiger partial charge in [0.15, 0.2) is 5.82 Å². The van der Waals surface area contributed by atoms with E-state index in [0.717, 1.165) is 4.57 Å². The molecule has 7 nitrogen and oxygen atoms in total. The molecule has 0 atom stereocenters. The quantitative estimate of drug-likeness (QED) is 0.764. The van der Waals surface area contributed by atoms with Gasteiger partial charge in [-0.2, -0.15) is 0 Å². The normalized spacial score (nSPS) is 11.0. The SMILES string of the molecule is Cn1c(=O)c2c(Nc3ccc(F)cc3)noc2n(C)c1=O. The predicted molar refractivity (Wildman–Crippen MR) is 74.2 cm³/mol. The van der Waals surface area contributed by atoms with E-state index in [4.69, 9.17) is 4.52 Å². The number of fused-ring (bicyclic) bond motifs is 1. The summed E-state index contributed by atoms with van der Waals surface area (Å²) in [6, 6.07) is 5.56. The summed E-state index contributed by atoms with van der Waals surface area (Å²) in [4.78, 5) is 24.0. The third-order valence-corrected chi connectivity index (χ3v) is 3.18. The van der Waals surface area contributed by atoms with Crippen molar-refractivity contribution in [3.8, 4) is 0 Å². The molecule has 1 N–H and O–H groups in total. The second kappa shape index (κ2) is 4.58. The zero-order chi connectivity index (χ0) is 15.1. The van der Waals surface area contributed by atoms with Crippen LogP contribution in [-0.4, -0.2) is 14.3 Å². The minimum absolute atomic E-state index is 0.0766. The van der Waals surface area contributed by atoms with Crippen LogP contribution in [0.4, 0.5) is 15.9 Å². The van der Waals surface area contributed by atoms with Gasteiger partial charge in [0, 0.05) is 19.8 Å². The zero-order valence-electron chi connectivity index (χ0n) is 11.3. The van der Waals surface area contributed by atoms with Gasteiger partial charge in [-0.3, -0.25) is 13.9 Å². The fourth-order valence-corrected chi connectivity index (χ4v) is 2.02. The number of aryl methyl sites for hydroxylation is 1. The van der Waals surface area contributed by atoms with Crippen LogP contribution >= 0.6 is 0 Å². The maximum atomic E-state index is 12.9. The first kappa shape index (κ1) is 13.1. The summed E-state index contributed by atoms with van der Waals surface area (Å²) in [5.74, 6) is -0.198. The van der Waals surface area contributed by atoms with Gasteiger partial charge in [-0.05, 0) is 24.3 Å². The monoisotopic (exact) mass is 290 g/mol. The van der Waals surface area contributed by atoms with Crippen LogP contribution in [0.2, 0.25) is 0 Å². The van der Waals surface area contributed by atoms with Gasteiger partial charge in [0.1, 0.15) is 11.2 Å². The number of hydrogen-bond donors (Lipinski definition) is 1. The molecule has 1 aromatic carbocycles. The Kier molecular flexibility index (Phi) is 2.86. The van der Waals surface area contributed by atoms with Crippen molar-refractivity contribution < 1.29 is 8.91 Å². The predicted octanol–water partition coefficient (Wildman–Crippen LogP) is 1.11. The summed E-state index contributed by atoms with van der Waals surface area (Å²) in [6.07, 6.45) is 0. The van der Waals surface area contributed by atoms with E-state index in [-0.39, 0.29) is 22.7 Å². The summed E-state index contributed by atoms with van der Waals surface area (Å²) >= 11 is 0. The van der Waals surface area contributed by atoms with Crippen molar-refractivity contribution in [1.82, 2.24) is 14.3 Å². The first-order valence-electron chi connectivity index (χ1n) is 6.07. The molecular formula is C13H11FN4O3. The largest absolute Gasteiger partial charge is 0.337 e. The van der Waals surface area contributed by atoms with Crippen molar-refractivity contribution in [3.63, 3.8) is 0 Å². The Bertz CT molecular complexity index is 937. The summed E-state index contributed by atoms with van der Waals surface area (Å²) in [5, 5.41) is 6.79. The lowest BCUT2D eigenvalue weighted by atomic mass is 10.3. The molecule has 0 fully saturated rings. The lowest BCUT2D eigenvalue weighted by molar-refractivity contribution is 0.437. The molecule has 2 aromatic heterocycles. The summed E-state index contributed by atoms with van der Waals surface area (Å²) < 4.78 is 20.1. The van der Waals surface area contributed by atoms with E-state index in [0.29, 0.717) is 5.69 Å². The van der Waals surface area contributed by atoms with Crippen LogP contribution in [0.1, 0.15) is 0 Å². The standard InChI is InChI=1S/C13H11FN4O3/c1-17-11(19)9-10(15-8-5-3-7(14)4-6-8)16-21-12(9)18(2)13(17)20/h3-6H,1-2H3,(H,15,16). The Morgan fingerprint density at radius 2 is 1.81 bits per heavy atom. The smallest absolute Gasteiger partial charge is 0.333 e. The Balaban J connectivity index is 2.19. The van der Waals surface area contributed by atoms with Crippen molar-refractivity contribution in [2.45, 2.75) is 0 Å². The van der Waals surface area contributed by atoms with Crippen molar-refractivity contribution in [2.24, 2.45) is 14.1 Å². The number of rotatable bonds is 2. The molecule has 0 saturated heterocycles. The minimum atomic E-state index is -0.515. The van der Waals surface area contributed by atoms with Crippen LogP contribution in [0.5, 0.6) is 0 Å². The summed E-state index contributed by atoms with van der Waals surface area (Å²) in [6.45, 7) is 0. The molecular weight excluding hydrogens is 279 g/mol. The molecule has 0 aliphatic heterocycles. The molecule has 2 heterocycles. The van der Waals surface area contributed by atoms with Gasteiger partial charge in [-0.15, -0.1) is 0 Å². The minimum Gasteiger partial charge on any atom is -0.337 e. The average molecular weight is 290 g/mol. The van der Waals surface area contributed by atoms with Crippen LogP contribution in [0.15, 0.2) is 38.4 Å². The molecule has 108 valence electrons. The van der Waals surface area contributed by atoms with E-state index >= 15 is 0 Å². The molecule has 0 unspecified atom stereocenters. The molecule has 3 rings (SSSR count). The Hall–Kier alpha value is -2.90. The van der Waals surface area contributed by atoms with Gasteiger partial charge >= 0.3 is 5.69 Å². The van der Waals surface area contributed by atoms with Crippen LogP contribution in [0.25, 0.3) is 11.1 Å². The maximum absolute atomic E-state index is 12.9. The van der Waals surface area contributed by atoms with Crippen LogP contribution in [0.3, 0.4) is 0 Å². The Labute approximate surface area is 117 Å². The fraction of sp³-hybridized carbons (Fsp3) is 0.154. The number of benzene rings is 1. The van der Waals surface area contributed by atoms with Crippen molar-refractivity contribution in [3.05, 3.63) is 50.9 Å². The van der Waals surface area contributed by atoms with Gasteiger partial charge in [0.05, 0.1) is 0 Å². The van der Waals surface area contributed by atoms with Gasteiger partial charge in [0.2, 0.25) is 5.71 Å². The highest BCUT2D eigenvalue weighted by Crippen LogP contribution is 2.21. The number of halogens is 1. The molecule has 21 heavy (non-hydrogen) atoms. The molecule has 0 radical (unpaired) electrons. The highest BCUT2D eigenvalue weighted by Gasteiger charge is 2.18. The number of hydrogen-bond acceptors (Lipinski definition) is 5. The molecule has 3 aromatic rings. The molecule has 0 saturated carbocycles. The second-order valence-corrected chi connectivity index (χ2v) is 4.55. The van der Waals surface area contributed by atoms with Crippen molar-refractivity contribution in [1.29, 1.82) is 0 Å². The van der Waals surface area contributed by atoms with Crippen LogP contribution in [0, 0.1) is 5.82 Å². The van der Waals surface area contributed by atoms with E-state index in [1.807, 2.05) is 0 Å². The Morgan fingerprint density at radius 3 is 2.48 bits per heavy atom. The third-order valence-electron chi connectivity index (χ3n) is 3.18. The average Bonchev–Trinajstić information content (AvgIpc) is 2.89. The molecule has 8 heteroatoms. The van der Waals surface area contributed by atoms with E-state index in [1.54, 1.807) is 0 Å². The van der Waals surface area contributed by atoms with Crippen LogP contribution < -0.4 is 16.6 Å². The molecule has 0 aliphatic carbocycles. The number of nitrogens with zero attached hydrogens (tertiary/aromatic N) is 3. The van der Waals surface area contributed by atoms with E-state index in [1.165, 1.54) is 42.9 Å². The second-order valence-electron chi connectivity index (χ2n) is 4.55. The number of nitrogens with one attached hydrogen (secondary N) is 1. The van der Waals surface area contributed by atoms with E-state index in [2.05, 4.69) is 10.5 Å². The third kappa shape index (κ3) is 2.00. The number of aromatic nitrogens is 3.